The summed E-state index contributed by atoms with van der Waals surface area (Å²) in [4.78, 5) is 0. The maximum absolute atomic E-state index is 6.22. The first-order valence-electron chi connectivity index (χ1n) is 7.92. The Morgan fingerprint density at radius 1 is 1.24 bits per heavy atom. The predicted octanol–water partition coefficient (Wildman–Crippen LogP) is 5.32. The molecule has 21 heavy (non-hydrogen) atoms. The van der Waals surface area contributed by atoms with Crippen LogP contribution in [-0.4, -0.2) is 18.7 Å². The second kappa shape index (κ2) is 7.21. The van der Waals surface area contributed by atoms with Crippen molar-refractivity contribution in [3.8, 4) is 5.75 Å². The number of ether oxygens (including phenoxy) is 1. The van der Waals surface area contributed by atoms with Gasteiger partial charge in [-0.25, -0.2) is 0 Å². The number of hydrogen-bond acceptors (Lipinski definition) is 2. The van der Waals surface area contributed by atoms with Gasteiger partial charge in [-0.05, 0) is 37.9 Å². The molecule has 1 saturated carbocycles. The van der Waals surface area contributed by atoms with E-state index in [1.807, 2.05) is 6.07 Å². The average molecular weight is 330 g/mol. The van der Waals surface area contributed by atoms with E-state index in [4.69, 9.17) is 27.9 Å². The van der Waals surface area contributed by atoms with Crippen LogP contribution in [0.15, 0.2) is 18.2 Å². The lowest BCUT2D eigenvalue weighted by Crippen LogP contribution is -2.64. The molecule has 1 N–H and O–H groups in total. The SMILES string of the molecule is CCCNC1CC(Oc2cc(Cl)ccc2Cl)C1(CC)CC. The van der Waals surface area contributed by atoms with Crippen molar-refractivity contribution >= 4 is 23.2 Å². The summed E-state index contributed by atoms with van der Waals surface area (Å²) < 4.78 is 6.21. The van der Waals surface area contributed by atoms with Gasteiger partial charge in [-0.2, -0.15) is 0 Å². The maximum Gasteiger partial charge on any atom is 0.139 e. The maximum atomic E-state index is 6.22. The van der Waals surface area contributed by atoms with Gasteiger partial charge >= 0.3 is 0 Å². The monoisotopic (exact) mass is 329 g/mol. The third kappa shape index (κ3) is 3.33. The molecule has 0 bridgehead atoms. The Morgan fingerprint density at radius 2 is 1.95 bits per heavy atom. The average Bonchev–Trinajstić information content (AvgIpc) is 2.47. The van der Waals surface area contributed by atoms with E-state index in [-0.39, 0.29) is 11.5 Å². The molecule has 1 aliphatic rings. The van der Waals surface area contributed by atoms with Gasteiger partial charge in [0.15, 0.2) is 0 Å². The van der Waals surface area contributed by atoms with Crippen LogP contribution in [0.4, 0.5) is 0 Å². The minimum absolute atomic E-state index is 0.195. The molecular weight excluding hydrogens is 305 g/mol. The highest BCUT2D eigenvalue weighted by molar-refractivity contribution is 6.34. The Balaban J connectivity index is 2.11. The molecule has 2 atom stereocenters. The molecule has 4 heteroatoms. The lowest BCUT2D eigenvalue weighted by atomic mass is 9.58. The van der Waals surface area contributed by atoms with Crippen molar-refractivity contribution in [3.05, 3.63) is 28.2 Å². The van der Waals surface area contributed by atoms with E-state index in [1.54, 1.807) is 12.1 Å². The second-order valence-corrected chi connectivity index (χ2v) is 6.71. The Bertz CT molecular complexity index is 474. The zero-order valence-electron chi connectivity index (χ0n) is 13.1. The number of halogens is 2. The highest BCUT2D eigenvalue weighted by atomic mass is 35.5. The molecule has 0 aromatic heterocycles. The predicted molar refractivity (Wildman–Crippen MR) is 90.6 cm³/mol. The fourth-order valence-corrected chi connectivity index (χ4v) is 3.76. The Kier molecular flexibility index (Phi) is 5.81. The minimum Gasteiger partial charge on any atom is -0.488 e. The Morgan fingerprint density at radius 3 is 2.57 bits per heavy atom. The van der Waals surface area contributed by atoms with Gasteiger partial charge in [0.1, 0.15) is 11.9 Å². The van der Waals surface area contributed by atoms with Gasteiger partial charge in [0.2, 0.25) is 0 Å². The summed E-state index contributed by atoms with van der Waals surface area (Å²) in [6.07, 6.45) is 4.61. The third-order valence-corrected chi connectivity index (χ3v) is 5.45. The van der Waals surface area contributed by atoms with Crippen LogP contribution in [0.5, 0.6) is 5.75 Å². The van der Waals surface area contributed by atoms with Gasteiger partial charge in [-0.15, -0.1) is 0 Å². The normalized spacial score (nSPS) is 23.7. The Labute approximate surface area is 138 Å². The summed E-state index contributed by atoms with van der Waals surface area (Å²) in [6.45, 7) is 7.76. The van der Waals surface area contributed by atoms with Crippen molar-refractivity contribution in [1.82, 2.24) is 5.32 Å². The van der Waals surface area contributed by atoms with Gasteiger partial charge in [-0.3, -0.25) is 0 Å². The largest absolute Gasteiger partial charge is 0.488 e. The first-order chi connectivity index (χ1) is 10.1. The van der Waals surface area contributed by atoms with Crippen LogP contribution in [0.25, 0.3) is 0 Å². The van der Waals surface area contributed by atoms with E-state index in [0.717, 1.165) is 32.2 Å². The molecule has 2 nitrogen and oxygen atoms in total. The number of nitrogens with one attached hydrogen (secondary N) is 1. The van der Waals surface area contributed by atoms with Gasteiger partial charge in [0.05, 0.1) is 5.02 Å². The van der Waals surface area contributed by atoms with Crippen molar-refractivity contribution in [2.75, 3.05) is 6.54 Å². The quantitative estimate of drug-likeness (QED) is 0.730. The standard InChI is InChI=1S/C17H25Cl2NO/c1-4-9-20-15-11-16(17(15,5-2)6-3)21-14-10-12(18)7-8-13(14)19/h7-8,10,15-16,20H,4-6,9,11H2,1-3H3. The van der Waals surface area contributed by atoms with E-state index in [2.05, 4.69) is 26.1 Å². The first kappa shape index (κ1) is 16.9. The highest BCUT2D eigenvalue weighted by Gasteiger charge is 2.54. The molecule has 118 valence electrons. The summed E-state index contributed by atoms with van der Waals surface area (Å²) in [6, 6.07) is 5.93. The van der Waals surface area contributed by atoms with Gasteiger partial charge in [0, 0.05) is 29.0 Å². The summed E-state index contributed by atoms with van der Waals surface area (Å²) in [5, 5.41) is 4.95. The van der Waals surface area contributed by atoms with Gasteiger partial charge in [-0.1, -0.05) is 44.0 Å². The number of benzene rings is 1. The molecule has 0 aliphatic heterocycles. The lowest BCUT2D eigenvalue weighted by Gasteiger charge is -2.55. The smallest absolute Gasteiger partial charge is 0.139 e. The van der Waals surface area contributed by atoms with Crippen molar-refractivity contribution < 1.29 is 4.74 Å². The van der Waals surface area contributed by atoms with Gasteiger partial charge < -0.3 is 10.1 Å². The van der Waals surface area contributed by atoms with Crippen LogP contribution in [0.1, 0.15) is 46.5 Å². The zero-order valence-corrected chi connectivity index (χ0v) is 14.6. The first-order valence-corrected chi connectivity index (χ1v) is 8.68. The molecule has 1 aromatic rings. The number of rotatable bonds is 7. The van der Waals surface area contributed by atoms with Crippen LogP contribution in [0, 0.1) is 5.41 Å². The van der Waals surface area contributed by atoms with Crippen LogP contribution in [0.3, 0.4) is 0 Å². The molecule has 1 aliphatic carbocycles. The molecule has 2 rings (SSSR count). The van der Waals surface area contributed by atoms with E-state index in [9.17, 15) is 0 Å². The minimum atomic E-state index is 0.195. The molecule has 0 spiro atoms. The molecule has 0 heterocycles. The van der Waals surface area contributed by atoms with Crippen molar-refractivity contribution in [3.63, 3.8) is 0 Å². The van der Waals surface area contributed by atoms with Crippen LogP contribution < -0.4 is 10.1 Å². The van der Waals surface area contributed by atoms with E-state index in [1.165, 1.54) is 0 Å². The topological polar surface area (TPSA) is 21.3 Å². The third-order valence-electron chi connectivity index (χ3n) is 4.90. The number of hydrogen-bond donors (Lipinski definition) is 1. The summed E-state index contributed by atoms with van der Waals surface area (Å²) in [5.74, 6) is 0.703. The Hall–Kier alpha value is -0.440. The molecular formula is C17H25Cl2NO. The fraction of sp³-hybridized carbons (Fsp3) is 0.647. The van der Waals surface area contributed by atoms with Crippen molar-refractivity contribution in [1.29, 1.82) is 0 Å². The van der Waals surface area contributed by atoms with E-state index in [0.29, 0.717) is 21.8 Å². The molecule has 0 saturated heterocycles. The van der Waals surface area contributed by atoms with Crippen LogP contribution >= 0.6 is 23.2 Å². The molecule has 1 aromatic carbocycles. The fourth-order valence-electron chi connectivity index (χ4n) is 3.44. The molecule has 0 amide bonds. The van der Waals surface area contributed by atoms with Crippen LogP contribution in [0.2, 0.25) is 10.0 Å². The van der Waals surface area contributed by atoms with Crippen molar-refractivity contribution in [2.24, 2.45) is 5.41 Å². The van der Waals surface area contributed by atoms with Crippen molar-refractivity contribution in [2.45, 2.75) is 58.6 Å². The summed E-state index contributed by atoms with van der Waals surface area (Å²) >= 11 is 12.3. The van der Waals surface area contributed by atoms with E-state index < -0.39 is 0 Å². The summed E-state index contributed by atoms with van der Waals surface area (Å²) in [7, 11) is 0. The van der Waals surface area contributed by atoms with E-state index >= 15 is 0 Å². The second-order valence-electron chi connectivity index (χ2n) is 5.86. The molecule has 0 radical (unpaired) electrons. The zero-order chi connectivity index (χ0) is 15.5. The van der Waals surface area contributed by atoms with Gasteiger partial charge in [0.25, 0.3) is 0 Å². The highest BCUT2D eigenvalue weighted by Crippen LogP contribution is 2.49. The van der Waals surface area contributed by atoms with Crippen LogP contribution in [-0.2, 0) is 0 Å². The molecule has 2 unspecified atom stereocenters. The lowest BCUT2D eigenvalue weighted by molar-refractivity contribution is -0.0857. The summed E-state index contributed by atoms with van der Waals surface area (Å²) in [5.41, 5.74) is 0.195. The molecule has 1 fully saturated rings.